The lowest BCUT2D eigenvalue weighted by Gasteiger charge is -2.08. The van der Waals surface area contributed by atoms with E-state index in [4.69, 9.17) is 27.9 Å². The molecular formula is C18H15Cl2FN2O3. The molecule has 0 saturated heterocycles. The number of hydrogen-bond donors (Lipinski definition) is 2. The summed E-state index contributed by atoms with van der Waals surface area (Å²) in [6, 6.07) is 11.0. The maximum atomic E-state index is 12.9. The second-order valence-electron chi connectivity index (χ2n) is 5.09. The Labute approximate surface area is 159 Å². The average Bonchev–Trinajstić information content (AvgIpc) is 2.61. The maximum absolute atomic E-state index is 12.9. The zero-order chi connectivity index (χ0) is 18.9. The Morgan fingerprint density at radius 2 is 1.85 bits per heavy atom. The van der Waals surface area contributed by atoms with E-state index in [1.54, 1.807) is 6.07 Å². The minimum absolute atomic E-state index is 0.104. The molecule has 2 aromatic carbocycles. The van der Waals surface area contributed by atoms with E-state index in [1.807, 2.05) is 18.2 Å². The quantitative estimate of drug-likeness (QED) is 0.589. The van der Waals surface area contributed by atoms with Crippen molar-refractivity contribution in [2.45, 2.75) is 6.42 Å². The number of nitrogens with one attached hydrogen (secondary N) is 2. The van der Waals surface area contributed by atoms with E-state index < -0.39 is 17.8 Å². The monoisotopic (exact) mass is 396 g/mol. The van der Waals surface area contributed by atoms with Crippen molar-refractivity contribution in [1.82, 2.24) is 10.9 Å². The number of benzene rings is 2. The normalized spacial score (nSPS) is 10.6. The molecule has 0 unspecified atom stereocenters. The standard InChI is InChI=1S/C18H15Cl2FN2O3/c19-15-4-2-1-3-12(15)9-10-26-18(25)23-22-17(24)8-6-13-5-7-14(21)11-16(13)20/h1-8,11H,9-10H2,(H,22,24)(H,23,25). The fraction of sp³-hybridized carbons (Fsp3) is 0.111. The van der Waals surface area contributed by atoms with Crippen molar-refractivity contribution in [2.75, 3.05) is 6.61 Å². The Kier molecular flexibility index (Phi) is 7.44. The summed E-state index contributed by atoms with van der Waals surface area (Å²) < 4.78 is 17.9. The van der Waals surface area contributed by atoms with Gasteiger partial charge in [-0.25, -0.2) is 14.6 Å². The summed E-state index contributed by atoms with van der Waals surface area (Å²) in [6.07, 6.45) is 2.17. The molecule has 0 bridgehead atoms. The van der Waals surface area contributed by atoms with Crippen LogP contribution in [-0.4, -0.2) is 18.6 Å². The van der Waals surface area contributed by atoms with Crippen molar-refractivity contribution in [3.8, 4) is 0 Å². The van der Waals surface area contributed by atoms with Crippen LogP contribution in [0.15, 0.2) is 48.5 Å². The number of halogens is 3. The molecule has 0 saturated carbocycles. The van der Waals surface area contributed by atoms with Gasteiger partial charge in [0.25, 0.3) is 5.91 Å². The van der Waals surface area contributed by atoms with Crippen LogP contribution >= 0.6 is 23.2 Å². The van der Waals surface area contributed by atoms with Gasteiger partial charge in [0.1, 0.15) is 5.82 Å². The highest BCUT2D eigenvalue weighted by molar-refractivity contribution is 6.32. The van der Waals surface area contributed by atoms with Gasteiger partial charge < -0.3 is 4.74 Å². The van der Waals surface area contributed by atoms with Crippen LogP contribution in [0.1, 0.15) is 11.1 Å². The zero-order valence-corrected chi connectivity index (χ0v) is 15.0. The first-order chi connectivity index (χ1) is 12.5. The third kappa shape index (κ3) is 6.38. The molecule has 8 heteroatoms. The molecule has 0 atom stereocenters. The van der Waals surface area contributed by atoms with E-state index in [0.29, 0.717) is 17.0 Å². The van der Waals surface area contributed by atoms with Crippen molar-refractivity contribution < 1.29 is 18.7 Å². The van der Waals surface area contributed by atoms with E-state index >= 15 is 0 Å². The minimum Gasteiger partial charge on any atom is -0.448 e. The molecule has 0 aliphatic rings. The van der Waals surface area contributed by atoms with Crippen LogP contribution in [0, 0.1) is 5.82 Å². The van der Waals surface area contributed by atoms with Gasteiger partial charge in [0.05, 0.1) is 11.6 Å². The Hall–Kier alpha value is -2.57. The van der Waals surface area contributed by atoms with Gasteiger partial charge in [0.2, 0.25) is 0 Å². The van der Waals surface area contributed by atoms with Crippen LogP contribution in [0.25, 0.3) is 6.08 Å². The molecule has 0 aromatic heterocycles. The van der Waals surface area contributed by atoms with Crippen LogP contribution in [-0.2, 0) is 16.0 Å². The SMILES string of the molecule is O=C(C=Cc1ccc(F)cc1Cl)NNC(=O)OCCc1ccccc1Cl. The van der Waals surface area contributed by atoms with Gasteiger partial charge in [-0.1, -0.05) is 47.5 Å². The largest absolute Gasteiger partial charge is 0.448 e. The second-order valence-corrected chi connectivity index (χ2v) is 5.91. The van der Waals surface area contributed by atoms with E-state index in [2.05, 4.69) is 10.9 Å². The number of amides is 2. The number of rotatable bonds is 5. The number of carbonyl (C=O) groups is 2. The highest BCUT2D eigenvalue weighted by Crippen LogP contribution is 2.18. The summed E-state index contributed by atoms with van der Waals surface area (Å²) in [5.41, 5.74) is 5.57. The molecule has 2 amide bonds. The Bertz CT molecular complexity index is 828. The molecule has 2 aromatic rings. The molecule has 2 N–H and O–H groups in total. The van der Waals surface area contributed by atoms with Crippen molar-refractivity contribution in [1.29, 1.82) is 0 Å². The van der Waals surface area contributed by atoms with Gasteiger partial charge in [0.15, 0.2) is 0 Å². The third-order valence-corrected chi connectivity index (χ3v) is 3.92. The first-order valence-electron chi connectivity index (χ1n) is 7.55. The number of hydrogen-bond acceptors (Lipinski definition) is 3. The van der Waals surface area contributed by atoms with Gasteiger partial charge in [0, 0.05) is 17.5 Å². The van der Waals surface area contributed by atoms with Crippen molar-refractivity contribution in [3.63, 3.8) is 0 Å². The summed E-state index contributed by atoms with van der Waals surface area (Å²) in [5, 5.41) is 0.760. The van der Waals surface area contributed by atoms with Gasteiger partial charge in [-0.3, -0.25) is 10.2 Å². The molecule has 0 spiro atoms. The van der Waals surface area contributed by atoms with Crippen LogP contribution in [0.5, 0.6) is 0 Å². The van der Waals surface area contributed by atoms with Crippen LogP contribution in [0.4, 0.5) is 9.18 Å². The predicted octanol–water partition coefficient (Wildman–Crippen LogP) is 4.15. The summed E-state index contributed by atoms with van der Waals surface area (Å²) >= 11 is 11.8. The summed E-state index contributed by atoms with van der Waals surface area (Å²) in [4.78, 5) is 23.2. The topological polar surface area (TPSA) is 67.4 Å². The number of carbonyl (C=O) groups excluding carboxylic acids is 2. The van der Waals surface area contributed by atoms with Crippen LogP contribution < -0.4 is 10.9 Å². The fourth-order valence-corrected chi connectivity index (χ4v) is 2.41. The van der Waals surface area contributed by atoms with E-state index in [-0.39, 0.29) is 11.6 Å². The predicted molar refractivity (Wildman–Crippen MR) is 98.2 cm³/mol. The van der Waals surface area contributed by atoms with Crippen molar-refractivity contribution in [2.24, 2.45) is 0 Å². The molecule has 26 heavy (non-hydrogen) atoms. The van der Waals surface area contributed by atoms with Crippen LogP contribution in [0.3, 0.4) is 0 Å². The lowest BCUT2D eigenvalue weighted by molar-refractivity contribution is -0.117. The maximum Gasteiger partial charge on any atom is 0.426 e. The lowest BCUT2D eigenvalue weighted by atomic mass is 10.2. The fourth-order valence-electron chi connectivity index (χ4n) is 1.95. The summed E-state index contributed by atoms with van der Waals surface area (Å²) in [6.45, 7) is 0.104. The molecule has 2 rings (SSSR count). The van der Waals surface area contributed by atoms with Crippen molar-refractivity contribution in [3.05, 3.63) is 75.5 Å². The third-order valence-electron chi connectivity index (χ3n) is 3.23. The number of hydrazine groups is 1. The van der Waals surface area contributed by atoms with Gasteiger partial charge in [-0.15, -0.1) is 0 Å². The molecular weight excluding hydrogens is 382 g/mol. The van der Waals surface area contributed by atoms with E-state index in [1.165, 1.54) is 18.2 Å². The first kappa shape index (κ1) is 19.8. The molecule has 0 heterocycles. The Morgan fingerprint density at radius 1 is 1.08 bits per heavy atom. The Morgan fingerprint density at radius 3 is 2.58 bits per heavy atom. The van der Waals surface area contributed by atoms with Crippen molar-refractivity contribution >= 4 is 41.3 Å². The summed E-state index contributed by atoms with van der Waals surface area (Å²) in [5.74, 6) is -1.08. The second kappa shape index (κ2) is 9.79. The smallest absolute Gasteiger partial charge is 0.426 e. The van der Waals surface area contributed by atoms with Gasteiger partial charge >= 0.3 is 6.09 Å². The minimum atomic E-state index is -0.807. The molecule has 136 valence electrons. The number of ether oxygens (including phenoxy) is 1. The zero-order valence-electron chi connectivity index (χ0n) is 13.5. The van der Waals surface area contributed by atoms with Crippen LogP contribution in [0.2, 0.25) is 10.0 Å². The molecule has 5 nitrogen and oxygen atoms in total. The van der Waals surface area contributed by atoms with E-state index in [9.17, 15) is 14.0 Å². The molecule has 0 aliphatic heterocycles. The van der Waals surface area contributed by atoms with Gasteiger partial charge in [-0.2, -0.15) is 0 Å². The summed E-state index contributed by atoms with van der Waals surface area (Å²) in [7, 11) is 0. The molecule has 0 radical (unpaired) electrons. The molecule has 0 aliphatic carbocycles. The van der Waals surface area contributed by atoms with E-state index in [0.717, 1.165) is 17.7 Å². The lowest BCUT2D eigenvalue weighted by Crippen LogP contribution is -2.41. The average molecular weight is 397 g/mol. The Balaban J connectivity index is 1.72. The molecule has 0 fully saturated rings. The van der Waals surface area contributed by atoms with Gasteiger partial charge in [-0.05, 0) is 35.4 Å². The first-order valence-corrected chi connectivity index (χ1v) is 8.30. The highest BCUT2D eigenvalue weighted by Gasteiger charge is 2.05. The highest BCUT2D eigenvalue weighted by atomic mass is 35.5.